The van der Waals surface area contributed by atoms with Gasteiger partial charge in [-0.2, -0.15) is 0 Å². The molecule has 2 amide bonds. The first-order valence-corrected chi connectivity index (χ1v) is 11.2. The maximum atomic E-state index is 12.2. The van der Waals surface area contributed by atoms with Crippen molar-refractivity contribution in [2.24, 2.45) is 0 Å². The molecule has 1 heterocycles. The van der Waals surface area contributed by atoms with E-state index < -0.39 is 0 Å². The van der Waals surface area contributed by atoms with Gasteiger partial charge < -0.3 is 10.6 Å². The number of nitrogens with one attached hydrogen (secondary N) is 3. The van der Waals surface area contributed by atoms with E-state index in [4.69, 9.17) is 5.21 Å². The number of rotatable bonds is 12. The molecule has 7 heteroatoms. The lowest BCUT2D eigenvalue weighted by molar-refractivity contribution is -0.129. The Balaban J connectivity index is 1.40. The van der Waals surface area contributed by atoms with Gasteiger partial charge in [0.25, 0.3) is 0 Å². The molecule has 1 aromatic heterocycles. The highest BCUT2D eigenvalue weighted by molar-refractivity contribution is 5.78. The third-order valence-corrected chi connectivity index (χ3v) is 5.25. The molecule has 33 heavy (non-hydrogen) atoms. The maximum Gasteiger partial charge on any atom is 0.243 e. The Morgan fingerprint density at radius 3 is 2.27 bits per heavy atom. The zero-order valence-electron chi connectivity index (χ0n) is 18.6. The second kappa shape index (κ2) is 13.0. The Labute approximate surface area is 194 Å². The van der Waals surface area contributed by atoms with Crippen LogP contribution in [0, 0.1) is 0 Å². The molecule has 0 aliphatic rings. The first-order chi connectivity index (χ1) is 16.1. The minimum atomic E-state index is -0.340. The fraction of sp³-hybridized carbons (Fsp3) is 0.269. The quantitative estimate of drug-likeness (QED) is 0.191. The number of hydrogen-bond acceptors (Lipinski definition) is 5. The third-order valence-electron chi connectivity index (χ3n) is 5.25. The van der Waals surface area contributed by atoms with Crippen molar-refractivity contribution in [3.63, 3.8) is 0 Å². The third kappa shape index (κ3) is 8.38. The van der Waals surface area contributed by atoms with E-state index in [0.717, 1.165) is 53.9 Å². The summed E-state index contributed by atoms with van der Waals surface area (Å²) in [5, 5.41) is 14.8. The molecule has 7 nitrogen and oxygen atoms in total. The van der Waals surface area contributed by atoms with Gasteiger partial charge in [0.1, 0.15) is 0 Å². The van der Waals surface area contributed by atoms with E-state index in [2.05, 4.69) is 15.6 Å². The van der Waals surface area contributed by atoms with Crippen molar-refractivity contribution < 1.29 is 14.8 Å². The number of carbonyl (C=O) groups is 2. The van der Waals surface area contributed by atoms with Gasteiger partial charge in [0.15, 0.2) is 0 Å². The van der Waals surface area contributed by atoms with Crippen LogP contribution in [0.2, 0.25) is 0 Å². The summed E-state index contributed by atoms with van der Waals surface area (Å²) in [5.41, 5.74) is 6.54. The lowest BCUT2D eigenvalue weighted by Gasteiger charge is -2.08. The normalized spacial score (nSPS) is 10.5. The van der Waals surface area contributed by atoms with Gasteiger partial charge in [0.05, 0.1) is 6.42 Å². The van der Waals surface area contributed by atoms with E-state index in [0.29, 0.717) is 13.0 Å². The summed E-state index contributed by atoms with van der Waals surface area (Å²) in [4.78, 5) is 27.6. The van der Waals surface area contributed by atoms with E-state index in [1.54, 1.807) is 11.7 Å². The van der Waals surface area contributed by atoms with Gasteiger partial charge in [0.2, 0.25) is 11.8 Å². The van der Waals surface area contributed by atoms with Crippen LogP contribution in [0.15, 0.2) is 72.9 Å². The lowest BCUT2D eigenvalue weighted by Crippen LogP contribution is -2.24. The van der Waals surface area contributed by atoms with E-state index in [9.17, 15) is 9.59 Å². The monoisotopic (exact) mass is 446 g/mol. The number of unbranched alkanes of at least 4 members (excludes halogenated alkanes) is 2. The molecule has 0 spiro atoms. The molecule has 4 N–H and O–H groups in total. The zero-order chi connectivity index (χ0) is 23.3. The molecule has 2 aromatic carbocycles. The number of aromatic nitrogens is 1. The van der Waals surface area contributed by atoms with Crippen LogP contribution in [0.25, 0.3) is 11.1 Å². The molecule has 0 aliphatic carbocycles. The van der Waals surface area contributed by atoms with Gasteiger partial charge >= 0.3 is 0 Å². The van der Waals surface area contributed by atoms with Crippen molar-refractivity contribution in [3.05, 3.63) is 84.2 Å². The summed E-state index contributed by atoms with van der Waals surface area (Å²) < 4.78 is 0. The Bertz CT molecular complexity index is 1010. The number of hydroxylamine groups is 1. The van der Waals surface area contributed by atoms with E-state index in [-0.39, 0.29) is 18.2 Å². The molecule has 0 aliphatic heterocycles. The van der Waals surface area contributed by atoms with Crippen LogP contribution in [-0.2, 0) is 22.6 Å². The minimum Gasteiger partial charge on any atom is -0.385 e. The molecule has 0 radical (unpaired) electrons. The number of hydrogen-bond donors (Lipinski definition) is 4. The summed E-state index contributed by atoms with van der Waals surface area (Å²) in [6.45, 7) is 1.34. The summed E-state index contributed by atoms with van der Waals surface area (Å²) >= 11 is 0. The average Bonchev–Trinajstić information content (AvgIpc) is 2.86. The van der Waals surface area contributed by atoms with Crippen molar-refractivity contribution in [1.29, 1.82) is 0 Å². The van der Waals surface area contributed by atoms with Gasteiger partial charge in [-0.3, -0.25) is 19.8 Å². The highest BCUT2D eigenvalue weighted by Gasteiger charge is 2.06. The molecule has 172 valence electrons. The SMILES string of the molecule is O=C(CCCCCNc1ccc(-c2ccc(CC(=O)NCc3ccccc3)nc2)cc1)NO. The maximum absolute atomic E-state index is 12.2. The zero-order valence-corrected chi connectivity index (χ0v) is 18.6. The lowest BCUT2D eigenvalue weighted by atomic mass is 10.1. The highest BCUT2D eigenvalue weighted by atomic mass is 16.5. The van der Waals surface area contributed by atoms with Crippen LogP contribution in [0.5, 0.6) is 0 Å². The number of benzene rings is 2. The summed E-state index contributed by atoms with van der Waals surface area (Å²) in [5.74, 6) is -0.390. The molecular weight excluding hydrogens is 416 g/mol. The number of nitrogens with zero attached hydrogens (tertiary/aromatic N) is 1. The molecule has 0 saturated heterocycles. The van der Waals surface area contributed by atoms with Gasteiger partial charge in [-0.15, -0.1) is 0 Å². The standard InChI is InChI=1S/C26H30N4O3/c31-25(30-33)9-5-2-6-16-27-23-13-10-21(11-14-23)22-12-15-24(28-19-22)17-26(32)29-18-20-7-3-1-4-8-20/h1,3-4,7-8,10-15,19,27,33H,2,5-6,9,16-18H2,(H,29,32)(H,30,31). The van der Waals surface area contributed by atoms with Crippen molar-refractivity contribution in [3.8, 4) is 11.1 Å². The van der Waals surface area contributed by atoms with Gasteiger partial charge in [-0.25, -0.2) is 5.48 Å². The fourth-order valence-corrected chi connectivity index (χ4v) is 3.38. The van der Waals surface area contributed by atoms with Gasteiger partial charge in [-0.05, 0) is 42.2 Å². The minimum absolute atomic E-state index is 0.0498. The van der Waals surface area contributed by atoms with E-state index >= 15 is 0 Å². The van der Waals surface area contributed by atoms with Gasteiger partial charge in [-0.1, -0.05) is 55.0 Å². The number of pyridine rings is 1. The summed E-state index contributed by atoms with van der Waals surface area (Å²) in [7, 11) is 0. The predicted molar refractivity (Wildman–Crippen MR) is 129 cm³/mol. The second-order valence-electron chi connectivity index (χ2n) is 7.83. The van der Waals surface area contributed by atoms with E-state index in [1.807, 2.05) is 66.7 Å². The Kier molecular flexibility index (Phi) is 9.42. The van der Waals surface area contributed by atoms with Crippen LogP contribution in [0.1, 0.15) is 36.9 Å². The Morgan fingerprint density at radius 2 is 1.58 bits per heavy atom. The van der Waals surface area contributed by atoms with Crippen molar-refractivity contribution in [2.45, 2.75) is 38.6 Å². The molecule has 0 fully saturated rings. The molecule has 0 saturated carbocycles. The smallest absolute Gasteiger partial charge is 0.243 e. The van der Waals surface area contributed by atoms with Crippen molar-refractivity contribution in [2.75, 3.05) is 11.9 Å². The first kappa shape index (κ1) is 23.9. The highest BCUT2D eigenvalue weighted by Crippen LogP contribution is 2.21. The van der Waals surface area contributed by atoms with Crippen LogP contribution in [-0.4, -0.2) is 28.6 Å². The number of amides is 2. The van der Waals surface area contributed by atoms with Crippen molar-refractivity contribution in [1.82, 2.24) is 15.8 Å². The molecule has 3 aromatic rings. The molecule has 0 unspecified atom stereocenters. The fourth-order valence-electron chi connectivity index (χ4n) is 3.38. The number of anilines is 1. The second-order valence-corrected chi connectivity index (χ2v) is 7.83. The largest absolute Gasteiger partial charge is 0.385 e. The predicted octanol–water partition coefficient (Wildman–Crippen LogP) is 4.09. The van der Waals surface area contributed by atoms with Gasteiger partial charge in [0, 0.05) is 42.7 Å². The number of carbonyl (C=O) groups excluding carboxylic acids is 2. The molecule has 3 rings (SSSR count). The van der Waals surface area contributed by atoms with Crippen LogP contribution < -0.4 is 16.1 Å². The molecular formula is C26H30N4O3. The topological polar surface area (TPSA) is 103 Å². The van der Waals surface area contributed by atoms with Crippen LogP contribution in [0.4, 0.5) is 5.69 Å². The Morgan fingerprint density at radius 1 is 0.818 bits per heavy atom. The summed E-state index contributed by atoms with van der Waals surface area (Å²) in [6, 6.07) is 21.8. The first-order valence-electron chi connectivity index (χ1n) is 11.2. The van der Waals surface area contributed by atoms with E-state index in [1.165, 1.54) is 0 Å². The molecule has 0 bridgehead atoms. The van der Waals surface area contributed by atoms with Crippen LogP contribution >= 0.6 is 0 Å². The van der Waals surface area contributed by atoms with Crippen LogP contribution in [0.3, 0.4) is 0 Å². The van der Waals surface area contributed by atoms with Crippen molar-refractivity contribution >= 4 is 17.5 Å². The summed E-state index contributed by atoms with van der Waals surface area (Å²) in [6.07, 6.45) is 5.01. The average molecular weight is 447 g/mol. The molecule has 0 atom stereocenters. The Hall–Kier alpha value is -3.71.